The molecule has 1 unspecified atom stereocenters. The predicted molar refractivity (Wildman–Crippen MR) is 168 cm³/mol. The molecular formula is C32H35F3N6O3S. The van der Waals surface area contributed by atoms with Crippen LogP contribution in [0.4, 0.5) is 24.5 Å². The van der Waals surface area contributed by atoms with E-state index in [4.69, 9.17) is 4.74 Å². The number of alkyl halides is 3. The number of aromatic nitrogens is 1. The standard InChI is InChI=1S/C32H35F3N6O3S/c1-44-28-19-21-6-7-26(28)36-11-2-4-22-18-27-25(5-3-13-41(27)31(22)45-32(33,34)35)38-24-9-15-40(16-10-24)30(43)23-8-14-39(20-23)17-12-37-29(21)42/h3,5-7,13,18-19,23-24,36,38H,8-12,14-17,20H2,1H3,(H,37,42)/t23-/m0/s1. The second kappa shape index (κ2) is 13.1. The number of nitrogens with zero attached hydrogens (tertiary/aromatic N) is 3. The summed E-state index contributed by atoms with van der Waals surface area (Å²) < 4.78 is 47.9. The number of ether oxygens (including phenoxy) is 1. The summed E-state index contributed by atoms with van der Waals surface area (Å²) in [6.45, 7) is 3.97. The lowest BCUT2D eigenvalue weighted by molar-refractivity contribution is -0.136. The van der Waals surface area contributed by atoms with Gasteiger partial charge in [0.2, 0.25) is 5.91 Å². The second-order valence-electron chi connectivity index (χ2n) is 11.4. The molecule has 238 valence electrons. The average molecular weight is 641 g/mol. The molecule has 0 radical (unpaired) electrons. The fourth-order valence-corrected chi connectivity index (χ4v) is 6.94. The normalized spacial score (nSPS) is 22.7. The molecule has 3 N–H and O–H groups in total. The van der Waals surface area contributed by atoms with E-state index < -0.39 is 5.51 Å². The Hall–Kier alpha value is -4.02. The van der Waals surface area contributed by atoms with E-state index in [1.807, 2.05) is 11.0 Å². The number of methoxy groups -OCH3 is 1. The van der Waals surface area contributed by atoms with E-state index in [9.17, 15) is 22.8 Å². The number of halogens is 3. The molecule has 9 rings (SSSR count). The zero-order valence-corrected chi connectivity index (χ0v) is 25.7. The average Bonchev–Trinajstić information content (AvgIpc) is 3.63. The van der Waals surface area contributed by atoms with Crippen molar-refractivity contribution in [3.8, 4) is 17.6 Å². The van der Waals surface area contributed by atoms with Crippen molar-refractivity contribution >= 4 is 40.5 Å². The van der Waals surface area contributed by atoms with Gasteiger partial charge in [-0.3, -0.25) is 9.59 Å². The Balaban J connectivity index is 1.31. The first-order valence-corrected chi connectivity index (χ1v) is 15.9. The highest BCUT2D eigenvalue weighted by atomic mass is 32.2. The van der Waals surface area contributed by atoms with Gasteiger partial charge in [-0.2, -0.15) is 13.2 Å². The number of rotatable bonds is 2. The van der Waals surface area contributed by atoms with Crippen molar-refractivity contribution in [1.82, 2.24) is 19.5 Å². The Kier molecular flexibility index (Phi) is 9.05. The van der Waals surface area contributed by atoms with Crippen LogP contribution < -0.4 is 20.7 Å². The highest BCUT2D eigenvalue weighted by Gasteiger charge is 2.34. The van der Waals surface area contributed by atoms with E-state index in [-0.39, 0.29) is 52.7 Å². The number of hydrogen-bond acceptors (Lipinski definition) is 7. The number of carbonyl (C=O) groups is 2. The third kappa shape index (κ3) is 7.12. The minimum absolute atomic E-state index is 0.00550. The van der Waals surface area contributed by atoms with Gasteiger partial charge >= 0.3 is 5.51 Å². The Morgan fingerprint density at radius 2 is 1.82 bits per heavy atom. The number of pyridine rings is 1. The Morgan fingerprint density at radius 3 is 2.60 bits per heavy atom. The zero-order chi connectivity index (χ0) is 31.6. The van der Waals surface area contributed by atoms with Gasteiger partial charge in [-0.1, -0.05) is 11.8 Å². The summed E-state index contributed by atoms with van der Waals surface area (Å²) in [5.74, 6) is 6.18. The molecule has 6 aliphatic heterocycles. The van der Waals surface area contributed by atoms with Crippen molar-refractivity contribution in [1.29, 1.82) is 0 Å². The molecule has 2 saturated heterocycles. The molecule has 2 amide bonds. The lowest BCUT2D eigenvalue weighted by Crippen LogP contribution is -2.45. The molecule has 8 heterocycles. The van der Waals surface area contributed by atoms with Crippen LogP contribution in [0, 0.1) is 17.8 Å². The molecule has 9 nitrogen and oxygen atoms in total. The molecule has 2 atom stereocenters. The zero-order valence-electron chi connectivity index (χ0n) is 24.9. The van der Waals surface area contributed by atoms with Crippen molar-refractivity contribution in [2.45, 2.75) is 35.8 Å². The first kappa shape index (κ1) is 31.0. The smallest absolute Gasteiger partial charge is 0.447 e. The number of benzene rings is 1. The second-order valence-corrected chi connectivity index (χ2v) is 12.5. The fourth-order valence-electron chi connectivity index (χ4n) is 6.25. The van der Waals surface area contributed by atoms with Crippen LogP contribution >= 0.6 is 11.8 Å². The molecule has 3 aromatic rings. The van der Waals surface area contributed by atoms with Crippen molar-refractivity contribution in [2.75, 3.05) is 63.6 Å². The molecule has 0 saturated carbocycles. The number of anilines is 2. The summed E-state index contributed by atoms with van der Waals surface area (Å²) in [5.41, 5.74) is -1.86. The summed E-state index contributed by atoms with van der Waals surface area (Å²) in [6.07, 6.45) is 3.88. The summed E-state index contributed by atoms with van der Waals surface area (Å²) in [5, 5.41) is 9.62. The third-order valence-electron chi connectivity index (χ3n) is 8.53. The predicted octanol–water partition coefficient (Wildman–Crippen LogP) is 4.49. The van der Waals surface area contributed by atoms with Crippen LogP contribution in [0.5, 0.6) is 5.75 Å². The third-order valence-corrected chi connectivity index (χ3v) is 9.37. The Labute approximate surface area is 263 Å². The summed E-state index contributed by atoms with van der Waals surface area (Å²) in [4.78, 5) is 30.3. The van der Waals surface area contributed by atoms with Crippen LogP contribution in [-0.4, -0.2) is 90.5 Å². The fraction of sp³-hybridized carbons (Fsp3) is 0.438. The van der Waals surface area contributed by atoms with E-state index in [0.29, 0.717) is 55.2 Å². The number of amides is 2. The van der Waals surface area contributed by atoms with Gasteiger partial charge in [-0.05, 0) is 62.2 Å². The maximum atomic E-state index is 13.6. The van der Waals surface area contributed by atoms with Gasteiger partial charge in [0.05, 0.1) is 42.0 Å². The Morgan fingerprint density at radius 1 is 1.00 bits per heavy atom. The molecular weight excluding hydrogens is 605 g/mol. The number of nitrogens with one attached hydrogen (secondary N) is 3. The lowest BCUT2D eigenvalue weighted by Gasteiger charge is -2.34. The quantitative estimate of drug-likeness (QED) is 0.281. The van der Waals surface area contributed by atoms with Crippen LogP contribution in [0.15, 0.2) is 47.6 Å². The van der Waals surface area contributed by atoms with Crippen molar-refractivity contribution in [3.05, 3.63) is 53.7 Å². The molecule has 13 heteroatoms. The van der Waals surface area contributed by atoms with Crippen LogP contribution in [0.3, 0.4) is 0 Å². The van der Waals surface area contributed by atoms with Crippen LogP contribution in [0.25, 0.3) is 5.52 Å². The van der Waals surface area contributed by atoms with Gasteiger partial charge in [0.15, 0.2) is 0 Å². The van der Waals surface area contributed by atoms with Gasteiger partial charge in [0.1, 0.15) is 10.8 Å². The van der Waals surface area contributed by atoms with Gasteiger partial charge in [-0.15, -0.1) is 0 Å². The molecule has 1 aromatic carbocycles. The van der Waals surface area contributed by atoms with E-state index in [2.05, 4.69) is 32.7 Å². The maximum absolute atomic E-state index is 13.6. The number of carbonyl (C=O) groups excluding carboxylic acids is 2. The molecule has 0 spiro atoms. The first-order chi connectivity index (χ1) is 21.7. The summed E-state index contributed by atoms with van der Waals surface area (Å²) >= 11 is -0.188. The summed E-state index contributed by atoms with van der Waals surface area (Å²) in [7, 11) is 1.50. The van der Waals surface area contributed by atoms with E-state index in [1.165, 1.54) is 11.5 Å². The molecule has 2 aromatic heterocycles. The topological polar surface area (TPSA) is 90.3 Å². The van der Waals surface area contributed by atoms with Crippen molar-refractivity contribution in [3.63, 3.8) is 0 Å². The van der Waals surface area contributed by atoms with Crippen LogP contribution in [0.2, 0.25) is 0 Å². The van der Waals surface area contributed by atoms with Gasteiger partial charge in [0.25, 0.3) is 5.91 Å². The minimum atomic E-state index is -4.50. The highest BCUT2D eigenvalue weighted by Crippen LogP contribution is 2.41. The van der Waals surface area contributed by atoms with E-state index in [0.717, 1.165) is 31.5 Å². The number of thioether (sulfide) groups is 1. The number of hydrogen-bond donors (Lipinski definition) is 3. The lowest BCUT2D eigenvalue weighted by atomic mass is 10.0. The first-order valence-electron chi connectivity index (χ1n) is 15.0. The molecule has 6 aliphatic rings. The van der Waals surface area contributed by atoms with Gasteiger partial charge in [0, 0.05) is 62.3 Å². The van der Waals surface area contributed by atoms with E-state index >= 15 is 0 Å². The molecule has 45 heavy (non-hydrogen) atoms. The molecule has 2 fully saturated rings. The van der Waals surface area contributed by atoms with Gasteiger partial charge < -0.3 is 34.9 Å². The van der Waals surface area contributed by atoms with Gasteiger partial charge in [-0.25, -0.2) is 0 Å². The summed E-state index contributed by atoms with van der Waals surface area (Å²) in [6, 6.07) is 10.4. The minimum Gasteiger partial charge on any atom is -0.495 e. The largest absolute Gasteiger partial charge is 0.495 e. The van der Waals surface area contributed by atoms with Crippen molar-refractivity contribution < 1.29 is 27.5 Å². The molecule has 0 aliphatic carbocycles. The SMILES string of the molecule is COc1cc2ccc1NCC#Cc1cc3c(cccn3c1SC(F)(F)F)NC1CCN(CC1)C(=O)[C@H]1CCN(CCNC2=O)C1. The Bertz CT molecular complexity index is 1640. The number of piperidine rings is 1. The maximum Gasteiger partial charge on any atom is 0.447 e. The van der Waals surface area contributed by atoms with Crippen LogP contribution in [0.1, 0.15) is 35.2 Å². The van der Waals surface area contributed by atoms with E-state index in [1.54, 1.807) is 36.5 Å². The highest BCUT2D eigenvalue weighted by molar-refractivity contribution is 8.00. The molecule has 8 bridgehead atoms. The van der Waals surface area contributed by atoms with Crippen molar-refractivity contribution in [2.24, 2.45) is 5.92 Å². The monoisotopic (exact) mass is 640 g/mol. The van der Waals surface area contributed by atoms with Crippen LogP contribution in [-0.2, 0) is 4.79 Å².